The number of nitrogens with one attached hydrogen (secondary N) is 1. The molecule has 4 aromatic rings. The van der Waals surface area contributed by atoms with E-state index in [2.05, 4.69) is 20.6 Å². The van der Waals surface area contributed by atoms with Crippen molar-refractivity contribution in [3.8, 4) is 11.3 Å². The van der Waals surface area contributed by atoms with Crippen molar-refractivity contribution in [3.05, 3.63) is 82.7 Å². The van der Waals surface area contributed by atoms with Crippen molar-refractivity contribution < 1.29 is 9.18 Å². The number of anilines is 1. The van der Waals surface area contributed by atoms with Gasteiger partial charge in [0.15, 0.2) is 10.8 Å². The van der Waals surface area contributed by atoms with E-state index < -0.39 is 0 Å². The Labute approximate surface area is 164 Å². The molecule has 6 nitrogen and oxygen atoms in total. The van der Waals surface area contributed by atoms with E-state index in [9.17, 15) is 9.18 Å². The van der Waals surface area contributed by atoms with Gasteiger partial charge in [0, 0.05) is 10.9 Å². The van der Waals surface area contributed by atoms with Crippen LogP contribution in [0.15, 0.2) is 60.0 Å². The van der Waals surface area contributed by atoms with E-state index in [1.165, 1.54) is 23.5 Å². The second-order valence-electron chi connectivity index (χ2n) is 6.17. The van der Waals surface area contributed by atoms with Gasteiger partial charge in [-0.15, -0.1) is 16.4 Å². The molecule has 2 aromatic carbocycles. The smallest absolute Gasteiger partial charge is 0.279 e. The Kier molecular flexibility index (Phi) is 4.94. The van der Waals surface area contributed by atoms with E-state index in [0.717, 1.165) is 11.1 Å². The Hall–Kier alpha value is -3.39. The summed E-state index contributed by atoms with van der Waals surface area (Å²) in [6.07, 6.45) is 0. The first-order chi connectivity index (χ1) is 13.6. The summed E-state index contributed by atoms with van der Waals surface area (Å²) in [6, 6.07) is 15.9. The molecule has 4 rings (SSSR count). The van der Waals surface area contributed by atoms with Crippen LogP contribution in [0.5, 0.6) is 0 Å². The fraction of sp³-hybridized carbons (Fsp3) is 0.100. The molecule has 140 valence electrons. The number of halogens is 1. The number of rotatable bonds is 5. The van der Waals surface area contributed by atoms with Crippen molar-refractivity contribution in [1.82, 2.24) is 20.0 Å². The summed E-state index contributed by atoms with van der Waals surface area (Å²) >= 11 is 1.30. The van der Waals surface area contributed by atoms with Crippen LogP contribution < -0.4 is 5.32 Å². The Bertz CT molecular complexity index is 1110. The molecule has 8 heteroatoms. The molecule has 0 fully saturated rings. The zero-order valence-corrected chi connectivity index (χ0v) is 15.8. The number of benzene rings is 2. The van der Waals surface area contributed by atoms with E-state index in [4.69, 9.17) is 0 Å². The van der Waals surface area contributed by atoms with Crippen molar-refractivity contribution in [3.63, 3.8) is 0 Å². The monoisotopic (exact) mass is 393 g/mol. The van der Waals surface area contributed by atoms with Crippen LogP contribution in [0, 0.1) is 12.7 Å². The lowest BCUT2D eigenvalue weighted by Gasteiger charge is -2.04. The van der Waals surface area contributed by atoms with Gasteiger partial charge in [-0.3, -0.25) is 10.1 Å². The summed E-state index contributed by atoms with van der Waals surface area (Å²) in [5, 5.41) is 13.1. The van der Waals surface area contributed by atoms with Gasteiger partial charge < -0.3 is 0 Å². The highest BCUT2D eigenvalue weighted by molar-refractivity contribution is 7.14. The number of hydrogen-bond donors (Lipinski definition) is 1. The van der Waals surface area contributed by atoms with E-state index in [0.29, 0.717) is 23.1 Å². The first-order valence-corrected chi connectivity index (χ1v) is 9.45. The molecule has 0 atom stereocenters. The van der Waals surface area contributed by atoms with Gasteiger partial charge >= 0.3 is 0 Å². The van der Waals surface area contributed by atoms with Gasteiger partial charge in [0.2, 0.25) is 0 Å². The second kappa shape index (κ2) is 7.69. The highest BCUT2D eigenvalue weighted by Crippen LogP contribution is 2.25. The van der Waals surface area contributed by atoms with Crippen LogP contribution in [0.25, 0.3) is 11.3 Å². The maximum atomic E-state index is 13.1. The fourth-order valence-electron chi connectivity index (χ4n) is 2.72. The van der Waals surface area contributed by atoms with Crippen LogP contribution in [-0.2, 0) is 6.54 Å². The van der Waals surface area contributed by atoms with Crippen LogP contribution in [0.3, 0.4) is 0 Å². The van der Waals surface area contributed by atoms with Gasteiger partial charge in [-0.1, -0.05) is 35.5 Å². The largest absolute Gasteiger partial charge is 0.296 e. The van der Waals surface area contributed by atoms with Gasteiger partial charge in [0.05, 0.1) is 17.9 Å². The number of carbonyl (C=O) groups excluding carboxylic acids is 1. The molecule has 1 N–H and O–H groups in total. The molecule has 0 bridgehead atoms. The lowest BCUT2D eigenvalue weighted by molar-refractivity contribution is 0.102. The average Bonchev–Trinajstić information content (AvgIpc) is 3.30. The maximum Gasteiger partial charge on any atom is 0.279 e. The van der Waals surface area contributed by atoms with Crippen LogP contribution in [0.4, 0.5) is 9.52 Å². The van der Waals surface area contributed by atoms with Crippen molar-refractivity contribution in [2.75, 3.05) is 5.32 Å². The molecule has 0 aliphatic rings. The van der Waals surface area contributed by atoms with E-state index in [1.807, 2.05) is 42.6 Å². The maximum absolute atomic E-state index is 13.1. The molecular weight excluding hydrogens is 377 g/mol. The summed E-state index contributed by atoms with van der Waals surface area (Å²) in [4.78, 5) is 17.0. The molecule has 2 heterocycles. The number of amides is 1. The topological polar surface area (TPSA) is 72.7 Å². The molecule has 0 spiro atoms. The molecule has 0 saturated heterocycles. The number of thiazole rings is 1. The molecular formula is C20H16FN5OS. The Balaban J connectivity index is 1.48. The molecule has 2 aromatic heterocycles. The van der Waals surface area contributed by atoms with E-state index in [-0.39, 0.29) is 17.4 Å². The van der Waals surface area contributed by atoms with Crippen LogP contribution in [0.2, 0.25) is 0 Å². The lowest BCUT2D eigenvalue weighted by Crippen LogP contribution is -2.14. The zero-order valence-electron chi connectivity index (χ0n) is 15.0. The summed E-state index contributed by atoms with van der Waals surface area (Å²) < 4.78 is 14.7. The third-order valence-electron chi connectivity index (χ3n) is 4.24. The molecule has 0 aliphatic carbocycles. The highest BCUT2D eigenvalue weighted by atomic mass is 32.1. The van der Waals surface area contributed by atoms with Gasteiger partial charge in [0.25, 0.3) is 5.91 Å². The Morgan fingerprint density at radius 2 is 1.89 bits per heavy atom. The highest BCUT2D eigenvalue weighted by Gasteiger charge is 2.18. The zero-order chi connectivity index (χ0) is 19.5. The standard InChI is InChI=1S/C20H16FN5OS/c1-13-18(24-25-26(13)11-14-5-3-2-4-6-14)19(27)23-20-22-17(12-28-20)15-7-9-16(21)10-8-15/h2-10,12H,11H2,1H3,(H,22,23,27). The van der Waals surface area contributed by atoms with Crippen LogP contribution in [-0.4, -0.2) is 25.9 Å². The third-order valence-corrected chi connectivity index (χ3v) is 5.00. The lowest BCUT2D eigenvalue weighted by atomic mass is 10.2. The van der Waals surface area contributed by atoms with Crippen molar-refractivity contribution >= 4 is 22.4 Å². The number of hydrogen-bond acceptors (Lipinski definition) is 5. The summed E-state index contributed by atoms with van der Waals surface area (Å²) in [5.41, 5.74) is 3.46. The van der Waals surface area contributed by atoms with Gasteiger partial charge in [-0.2, -0.15) is 0 Å². The Morgan fingerprint density at radius 3 is 2.64 bits per heavy atom. The second-order valence-corrected chi connectivity index (χ2v) is 7.02. The van der Waals surface area contributed by atoms with E-state index in [1.54, 1.807) is 16.8 Å². The molecule has 0 unspecified atom stereocenters. The summed E-state index contributed by atoms with van der Waals surface area (Å²) in [7, 11) is 0. The minimum absolute atomic E-state index is 0.259. The Morgan fingerprint density at radius 1 is 1.14 bits per heavy atom. The third kappa shape index (κ3) is 3.81. The molecule has 0 saturated carbocycles. The number of carbonyl (C=O) groups is 1. The minimum atomic E-state index is -0.364. The SMILES string of the molecule is Cc1c(C(=O)Nc2nc(-c3ccc(F)cc3)cs2)nnn1Cc1ccccc1. The molecule has 0 aliphatic heterocycles. The molecule has 0 radical (unpaired) electrons. The normalized spacial score (nSPS) is 10.8. The van der Waals surface area contributed by atoms with Crippen LogP contribution in [0.1, 0.15) is 21.7 Å². The summed E-state index contributed by atoms with van der Waals surface area (Å²) in [6.45, 7) is 2.35. The first kappa shape index (κ1) is 18.0. The van der Waals surface area contributed by atoms with E-state index >= 15 is 0 Å². The van der Waals surface area contributed by atoms with Gasteiger partial charge in [0.1, 0.15) is 5.82 Å². The van der Waals surface area contributed by atoms with Crippen molar-refractivity contribution in [2.24, 2.45) is 0 Å². The molecule has 28 heavy (non-hydrogen) atoms. The van der Waals surface area contributed by atoms with Crippen LogP contribution >= 0.6 is 11.3 Å². The fourth-order valence-corrected chi connectivity index (χ4v) is 3.43. The predicted molar refractivity (Wildman–Crippen MR) is 106 cm³/mol. The van der Waals surface area contributed by atoms with Crippen molar-refractivity contribution in [2.45, 2.75) is 13.5 Å². The van der Waals surface area contributed by atoms with Gasteiger partial charge in [-0.25, -0.2) is 14.1 Å². The number of aromatic nitrogens is 4. The molecule has 1 amide bonds. The first-order valence-electron chi connectivity index (χ1n) is 8.57. The minimum Gasteiger partial charge on any atom is -0.296 e. The average molecular weight is 393 g/mol. The number of nitrogens with zero attached hydrogens (tertiary/aromatic N) is 4. The predicted octanol–water partition coefficient (Wildman–Crippen LogP) is 4.15. The van der Waals surface area contributed by atoms with Crippen molar-refractivity contribution in [1.29, 1.82) is 0 Å². The quantitative estimate of drug-likeness (QED) is 0.553. The summed E-state index contributed by atoms with van der Waals surface area (Å²) in [5.74, 6) is -0.668. The van der Waals surface area contributed by atoms with Gasteiger partial charge in [-0.05, 0) is 36.8 Å².